The van der Waals surface area contributed by atoms with Crippen LogP contribution in [0, 0.1) is 46.3 Å². The second kappa shape index (κ2) is 11.1. The third-order valence-electron chi connectivity index (χ3n) is 11.1. The summed E-state index contributed by atoms with van der Waals surface area (Å²) < 4.78 is 25.7. The first-order valence-corrected chi connectivity index (χ1v) is 15.7. The lowest BCUT2D eigenvalue weighted by molar-refractivity contribution is -0.209. The summed E-state index contributed by atoms with van der Waals surface area (Å²) in [6, 6.07) is 0. The van der Waals surface area contributed by atoms with Gasteiger partial charge in [0.25, 0.3) is 0 Å². The fourth-order valence-corrected chi connectivity index (χ4v) is 9.47. The van der Waals surface area contributed by atoms with Gasteiger partial charge in [-0.15, -0.1) is 0 Å². The lowest BCUT2D eigenvalue weighted by Gasteiger charge is -2.63. The first-order chi connectivity index (χ1) is 17.3. The molecule has 4 fully saturated rings. The van der Waals surface area contributed by atoms with Gasteiger partial charge < -0.3 is 29.5 Å². The second-order valence-corrected chi connectivity index (χ2v) is 14.0. The predicted octanol–water partition coefficient (Wildman–Crippen LogP) is 4.02. The summed E-state index contributed by atoms with van der Waals surface area (Å²) in [5.41, 5.74) is -0.205. The maximum Gasteiger partial charge on any atom is 0.472 e. The van der Waals surface area contributed by atoms with Crippen molar-refractivity contribution in [3.05, 3.63) is 0 Å². The van der Waals surface area contributed by atoms with Crippen molar-refractivity contribution in [1.82, 2.24) is 0 Å². The molecule has 0 aromatic heterocycles. The minimum Gasteiger partial charge on any atom is -0.438 e. The number of fused-ring (bicyclic) bond motifs is 5. The Balaban J connectivity index is 1.42. The predicted molar refractivity (Wildman–Crippen MR) is 136 cm³/mol. The molecule has 9 nitrogen and oxygen atoms in total. The number of hydrogen-bond donors (Lipinski definition) is 4. The van der Waals surface area contributed by atoms with E-state index in [2.05, 4.69) is 25.3 Å². The van der Waals surface area contributed by atoms with Gasteiger partial charge in [0.1, 0.15) is 0 Å². The molecule has 214 valence electrons. The van der Waals surface area contributed by atoms with Crippen LogP contribution in [0.15, 0.2) is 0 Å². The normalized spacial score (nSPS) is 44.4. The zero-order valence-corrected chi connectivity index (χ0v) is 23.6. The van der Waals surface area contributed by atoms with Gasteiger partial charge in [-0.25, -0.2) is 9.09 Å². The third-order valence-corrected chi connectivity index (χ3v) is 11.6. The van der Waals surface area contributed by atoms with Crippen LogP contribution in [-0.4, -0.2) is 57.7 Å². The molecule has 0 heterocycles. The van der Waals surface area contributed by atoms with Gasteiger partial charge in [0.05, 0.1) is 18.3 Å². The van der Waals surface area contributed by atoms with Crippen molar-refractivity contribution in [2.45, 2.75) is 104 Å². The summed E-state index contributed by atoms with van der Waals surface area (Å²) in [5.74, 6) is 0.965. The van der Waals surface area contributed by atoms with Gasteiger partial charge in [-0.3, -0.25) is 4.79 Å². The molecule has 0 saturated heterocycles. The number of ether oxygens (including phenoxy) is 2. The van der Waals surface area contributed by atoms with Gasteiger partial charge >= 0.3 is 13.8 Å². The van der Waals surface area contributed by atoms with E-state index in [4.69, 9.17) is 19.3 Å². The van der Waals surface area contributed by atoms with Crippen molar-refractivity contribution < 1.29 is 43.4 Å². The van der Waals surface area contributed by atoms with Crippen molar-refractivity contribution in [2.24, 2.45) is 46.3 Å². The van der Waals surface area contributed by atoms with Crippen LogP contribution in [0.1, 0.15) is 85.5 Å². The SMILES string of the molecule is CCOC1CCC2(C)C(C1)CC(O)C1C2CC(O)C2(C)C(C(C)CCC(=O)OCOP(=O)(O)O)CCC12. The van der Waals surface area contributed by atoms with Crippen molar-refractivity contribution in [1.29, 1.82) is 0 Å². The molecule has 4 rings (SSSR count). The number of carbonyl (C=O) groups is 1. The summed E-state index contributed by atoms with van der Waals surface area (Å²) in [5, 5.41) is 23.2. The Hall–Kier alpha value is -0.540. The summed E-state index contributed by atoms with van der Waals surface area (Å²) in [6.45, 7) is 8.70. The number of phosphoric ester groups is 1. The maximum absolute atomic E-state index is 12.1. The van der Waals surface area contributed by atoms with Crippen LogP contribution in [0.5, 0.6) is 0 Å². The highest BCUT2D eigenvalue weighted by molar-refractivity contribution is 7.46. The van der Waals surface area contributed by atoms with E-state index in [1.165, 1.54) is 0 Å². The zero-order chi connectivity index (χ0) is 27.2. The quantitative estimate of drug-likeness (QED) is 0.192. The van der Waals surface area contributed by atoms with Crippen molar-refractivity contribution in [3.63, 3.8) is 0 Å². The monoisotopic (exact) mass is 546 g/mol. The van der Waals surface area contributed by atoms with Gasteiger partial charge in [-0.05, 0) is 105 Å². The van der Waals surface area contributed by atoms with Gasteiger partial charge in [0, 0.05) is 13.0 Å². The molecule has 11 unspecified atom stereocenters. The van der Waals surface area contributed by atoms with Crippen LogP contribution in [0.2, 0.25) is 0 Å². The Bertz CT molecular complexity index is 863. The topological polar surface area (TPSA) is 143 Å². The van der Waals surface area contributed by atoms with E-state index in [0.717, 1.165) is 45.1 Å². The molecule has 0 radical (unpaired) electrons. The minimum absolute atomic E-state index is 0.114. The Morgan fingerprint density at radius 3 is 2.49 bits per heavy atom. The molecule has 10 heteroatoms. The Morgan fingerprint density at radius 1 is 1.08 bits per heavy atom. The zero-order valence-electron chi connectivity index (χ0n) is 22.8. The molecule has 0 spiro atoms. The van der Waals surface area contributed by atoms with Crippen molar-refractivity contribution in [2.75, 3.05) is 13.4 Å². The van der Waals surface area contributed by atoms with E-state index in [1.54, 1.807) is 0 Å². The molecule has 4 N–H and O–H groups in total. The average Bonchev–Trinajstić information content (AvgIpc) is 3.17. The van der Waals surface area contributed by atoms with Gasteiger partial charge in [-0.2, -0.15) is 0 Å². The molecule has 11 atom stereocenters. The number of carbonyl (C=O) groups excluding carboxylic acids is 1. The second-order valence-electron chi connectivity index (χ2n) is 12.7. The summed E-state index contributed by atoms with van der Waals surface area (Å²) in [6.07, 6.45) is 6.73. The summed E-state index contributed by atoms with van der Waals surface area (Å²) in [4.78, 5) is 29.5. The van der Waals surface area contributed by atoms with Crippen LogP contribution in [0.4, 0.5) is 0 Å². The third kappa shape index (κ3) is 5.70. The Morgan fingerprint density at radius 2 is 1.81 bits per heavy atom. The van der Waals surface area contributed by atoms with E-state index in [9.17, 15) is 19.6 Å². The lowest BCUT2D eigenvalue weighted by atomic mass is 9.43. The molecule has 0 bridgehead atoms. The van der Waals surface area contributed by atoms with Crippen molar-refractivity contribution in [3.8, 4) is 0 Å². The van der Waals surface area contributed by atoms with E-state index in [1.807, 2.05) is 6.92 Å². The van der Waals surface area contributed by atoms with Gasteiger partial charge in [-0.1, -0.05) is 20.8 Å². The summed E-state index contributed by atoms with van der Waals surface area (Å²) >= 11 is 0. The molecule has 0 aromatic rings. The fraction of sp³-hybridized carbons (Fsp3) is 0.963. The molecular formula is C27H47O9P. The number of aliphatic hydroxyl groups is 2. The van der Waals surface area contributed by atoms with E-state index < -0.39 is 26.7 Å². The molecule has 4 saturated carbocycles. The molecule has 0 amide bonds. The van der Waals surface area contributed by atoms with E-state index in [0.29, 0.717) is 24.7 Å². The molecule has 4 aliphatic carbocycles. The number of esters is 1. The maximum atomic E-state index is 12.1. The van der Waals surface area contributed by atoms with E-state index in [-0.39, 0.29) is 53.1 Å². The highest BCUT2D eigenvalue weighted by Gasteiger charge is 2.65. The average molecular weight is 547 g/mol. The van der Waals surface area contributed by atoms with Crippen molar-refractivity contribution >= 4 is 13.8 Å². The van der Waals surface area contributed by atoms with Gasteiger partial charge in [0.2, 0.25) is 6.79 Å². The van der Waals surface area contributed by atoms with Crippen LogP contribution in [0.3, 0.4) is 0 Å². The number of hydrogen-bond acceptors (Lipinski definition) is 7. The minimum atomic E-state index is -4.68. The Labute approximate surface area is 220 Å². The highest BCUT2D eigenvalue weighted by atomic mass is 31.2. The van der Waals surface area contributed by atoms with Crippen LogP contribution in [0.25, 0.3) is 0 Å². The number of rotatable bonds is 9. The number of aliphatic hydroxyl groups excluding tert-OH is 2. The number of phosphoric acid groups is 1. The largest absolute Gasteiger partial charge is 0.472 e. The molecule has 0 aliphatic heterocycles. The smallest absolute Gasteiger partial charge is 0.438 e. The molecule has 4 aliphatic rings. The Kier molecular flexibility index (Phi) is 8.87. The highest BCUT2D eigenvalue weighted by Crippen LogP contribution is 2.68. The first-order valence-electron chi connectivity index (χ1n) is 14.1. The lowest BCUT2D eigenvalue weighted by Crippen LogP contribution is -2.62. The van der Waals surface area contributed by atoms with Crippen LogP contribution >= 0.6 is 7.82 Å². The van der Waals surface area contributed by atoms with Crippen LogP contribution < -0.4 is 0 Å². The standard InChI is InChI=1S/C27H47O9P/c1-5-34-18-10-11-26(3)17(12-18)13-22(28)25-20-8-7-19(27(20,4)23(29)14-21(25)26)16(2)6-9-24(30)35-15-36-37(31,32)33/h16-23,25,28-29H,5-15H2,1-4H3,(H2,31,32,33). The van der Waals surface area contributed by atoms with Crippen LogP contribution in [-0.2, 0) is 23.4 Å². The molecule has 37 heavy (non-hydrogen) atoms. The van der Waals surface area contributed by atoms with E-state index >= 15 is 0 Å². The first kappa shape index (κ1) is 29.4. The summed E-state index contributed by atoms with van der Waals surface area (Å²) in [7, 11) is -4.68. The molecular weight excluding hydrogens is 499 g/mol. The molecule has 0 aromatic carbocycles. The van der Waals surface area contributed by atoms with Gasteiger partial charge in [0.15, 0.2) is 0 Å². The fourth-order valence-electron chi connectivity index (χ4n) is 9.28.